The first kappa shape index (κ1) is 43.1. The number of nitrogens with zero attached hydrogens (tertiary/aromatic N) is 6. The third kappa shape index (κ3) is 10.0. The Labute approximate surface area is 360 Å². The molecule has 19 nitrogen and oxygen atoms in total. The van der Waals surface area contributed by atoms with Gasteiger partial charge in [0.25, 0.3) is 10.1 Å². The fourth-order valence-electron chi connectivity index (χ4n) is 4.35. The van der Waals surface area contributed by atoms with E-state index in [0.29, 0.717) is 34.9 Å². The molecule has 0 aliphatic carbocycles. The molecule has 0 aliphatic rings. The van der Waals surface area contributed by atoms with E-state index < -0.39 is 78.6 Å². The normalized spacial score (nSPS) is 12.4. The first-order valence-corrected chi connectivity index (χ1v) is 17.7. The zero-order valence-corrected chi connectivity index (χ0v) is 34.4. The molecule has 0 radical (unpaired) electrons. The second-order valence-corrected chi connectivity index (χ2v) is 14.2. The maximum Gasteiger partial charge on any atom is 1.00 e. The van der Waals surface area contributed by atoms with Crippen LogP contribution in [0.15, 0.2) is 124 Å². The molecule has 24 heteroatoms. The van der Waals surface area contributed by atoms with Crippen LogP contribution in [0.5, 0.6) is 5.75 Å². The van der Waals surface area contributed by atoms with Gasteiger partial charge in [-0.15, -0.1) is 15.3 Å². The molecule has 5 aromatic carbocycles. The number of phenolic OH excluding ortho intramolecular Hbond substituents is 1. The zero-order chi connectivity index (χ0) is 36.6. The van der Waals surface area contributed by atoms with Crippen LogP contribution in [-0.2, 0) is 30.4 Å². The molecule has 0 aliphatic heterocycles. The van der Waals surface area contributed by atoms with Crippen LogP contribution in [0, 0.1) is 0 Å². The summed E-state index contributed by atoms with van der Waals surface area (Å²) >= 11 is 0. The minimum absolute atomic E-state index is 0. The summed E-state index contributed by atoms with van der Waals surface area (Å²) in [4.78, 5) is -2.72. The smallest absolute Gasteiger partial charge is 0.744 e. The fraction of sp³-hybridized carbons (Fsp3) is 0. The number of aromatic hydroxyl groups is 1. The van der Waals surface area contributed by atoms with Gasteiger partial charge in [-0.25, -0.2) is 16.8 Å². The number of hydrogen-bond acceptors (Lipinski definition) is 18. The summed E-state index contributed by atoms with van der Waals surface area (Å²) in [5.74, 6) is -1.06. The van der Waals surface area contributed by atoms with Crippen molar-refractivity contribution in [1.82, 2.24) is 0 Å². The summed E-state index contributed by atoms with van der Waals surface area (Å²) in [5.41, 5.74) is 16.9. The quantitative estimate of drug-likeness (QED) is 0.0549. The van der Waals surface area contributed by atoms with Crippen LogP contribution >= 0.6 is 0 Å². The van der Waals surface area contributed by atoms with Gasteiger partial charge in [0.15, 0.2) is 5.75 Å². The van der Waals surface area contributed by atoms with E-state index in [-0.39, 0.29) is 92.3 Å². The van der Waals surface area contributed by atoms with Crippen molar-refractivity contribution >= 4 is 92.3 Å². The average Bonchev–Trinajstić information content (AvgIpc) is 3.02. The van der Waals surface area contributed by atoms with Crippen LogP contribution in [0.1, 0.15) is 0 Å². The third-order valence-electron chi connectivity index (χ3n) is 6.69. The number of nitrogens with two attached hydrogens (primary N) is 3. The summed E-state index contributed by atoms with van der Waals surface area (Å²) in [5, 5.41) is 33.4. The Kier molecular flexibility index (Phi) is 13.9. The minimum atomic E-state index is -5.44. The molecule has 8 N–H and O–H groups in total. The van der Waals surface area contributed by atoms with Gasteiger partial charge in [-0.05, 0) is 84.2 Å². The average molecular weight is 802 g/mol. The van der Waals surface area contributed by atoms with E-state index in [1.54, 1.807) is 12.1 Å². The van der Waals surface area contributed by atoms with Crippen LogP contribution in [0.25, 0.3) is 10.8 Å². The number of phenols is 1. The Hall–Kier alpha value is -3.27. The molecule has 0 bridgehead atoms. The second-order valence-electron chi connectivity index (χ2n) is 10.1. The number of azo groups is 3. The Morgan fingerprint density at radius 3 is 1.50 bits per heavy atom. The van der Waals surface area contributed by atoms with Gasteiger partial charge in [-0.3, -0.25) is 4.55 Å². The number of benzene rings is 5. The predicted octanol–water partition coefficient (Wildman–Crippen LogP) is -0.399. The second kappa shape index (κ2) is 16.8. The number of anilines is 3. The van der Waals surface area contributed by atoms with Crippen molar-refractivity contribution in [3.63, 3.8) is 0 Å². The summed E-state index contributed by atoms with van der Waals surface area (Å²) < 4.78 is 105. The van der Waals surface area contributed by atoms with Gasteiger partial charge in [-0.2, -0.15) is 23.8 Å². The van der Waals surface area contributed by atoms with E-state index >= 15 is 0 Å². The first-order chi connectivity index (χ1) is 23.3. The van der Waals surface area contributed by atoms with Crippen LogP contribution < -0.4 is 98.1 Å². The number of fused-ring (bicyclic) bond motifs is 1. The van der Waals surface area contributed by atoms with Crippen molar-refractivity contribution in [3.05, 3.63) is 78.9 Å². The molecule has 0 unspecified atom stereocenters. The van der Waals surface area contributed by atoms with Crippen molar-refractivity contribution in [2.75, 3.05) is 17.2 Å². The predicted molar refractivity (Wildman–Crippen MR) is 176 cm³/mol. The molecule has 0 heterocycles. The van der Waals surface area contributed by atoms with Crippen LogP contribution in [0.3, 0.4) is 0 Å². The molecular weight excluding hydrogens is 781 g/mol. The van der Waals surface area contributed by atoms with E-state index in [2.05, 4.69) is 30.7 Å². The number of nitrogen functional groups attached to an aromatic ring is 3. The number of rotatable bonds is 9. The molecular formula is C28H21KN9NaO10S3. The first-order valence-electron chi connectivity index (χ1n) is 13.4. The van der Waals surface area contributed by atoms with Crippen molar-refractivity contribution in [1.29, 1.82) is 0 Å². The van der Waals surface area contributed by atoms with E-state index in [0.717, 1.165) is 24.3 Å². The van der Waals surface area contributed by atoms with Gasteiger partial charge in [0.05, 0.1) is 48.5 Å². The van der Waals surface area contributed by atoms with Crippen molar-refractivity contribution in [3.8, 4) is 5.75 Å². The molecule has 52 heavy (non-hydrogen) atoms. The monoisotopic (exact) mass is 801 g/mol. The van der Waals surface area contributed by atoms with E-state index in [1.165, 1.54) is 30.3 Å². The summed E-state index contributed by atoms with van der Waals surface area (Å²) in [7, 11) is -15.4. The largest absolute Gasteiger partial charge is 1.00 e. The van der Waals surface area contributed by atoms with Gasteiger partial charge in [-0.1, -0.05) is 0 Å². The molecule has 5 rings (SSSR count). The molecule has 258 valence electrons. The molecule has 0 amide bonds. The van der Waals surface area contributed by atoms with Crippen molar-refractivity contribution in [2.45, 2.75) is 14.7 Å². The van der Waals surface area contributed by atoms with E-state index in [9.17, 15) is 39.5 Å². The molecule has 0 spiro atoms. The Morgan fingerprint density at radius 1 is 0.596 bits per heavy atom. The summed E-state index contributed by atoms with van der Waals surface area (Å²) in [6, 6.07) is 15.8. The summed E-state index contributed by atoms with van der Waals surface area (Å²) in [6.45, 7) is 0. The van der Waals surface area contributed by atoms with Gasteiger partial charge < -0.3 is 31.4 Å². The van der Waals surface area contributed by atoms with E-state index in [4.69, 9.17) is 21.8 Å². The molecule has 5 aromatic rings. The maximum absolute atomic E-state index is 12.2. The SMILES string of the molecule is Nc1ccc(N=Nc2ccc(N=Nc3c(S(=O)(=O)[O-])cc4cc(S(=O)(=O)[O-])c(N=Nc5ccc(S(=O)(=O)O)cc5)c(O)c4c3N)cc2)c(N)c1.[K+].[Na+]. The van der Waals surface area contributed by atoms with Gasteiger partial charge in [0, 0.05) is 5.69 Å². The van der Waals surface area contributed by atoms with Crippen LogP contribution in [0.4, 0.5) is 51.2 Å². The molecule has 0 saturated heterocycles. The molecule has 0 aromatic heterocycles. The Balaban J connectivity index is 0.00000364. The third-order valence-corrected chi connectivity index (χ3v) is 9.26. The standard InChI is InChI=1S/C28H23N9O10S3.K.Na/c29-15-1-10-21(20(30)13-15)35-32-16-2-4-17(5-3-16)33-36-26-22(49(42,43)44)11-14-12-23(50(45,46)47)27(28(38)24(14)25(26)31)37-34-18-6-8-19(9-7-18)48(39,40)41;;/h1-13,38H,29-31H2,(H,39,40,41)(H,42,43,44)(H,45,46,47);;/q;2*+1/p-2. The van der Waals surface area contributed by atoms with E-state index in [1.807, 2.05) is 0 Å². The summed E-state index contributed by atoms with van der Waals surface area (Å²) in [6.07, 6.45) is 0. The fourth-order valence-corrected chi connectivity index (χ4v) is 6.14. The van der Waals surface area contributed by atoms with Crippen molar-refractivity contribution in [2.24, 2.45) is 30.7 Å². The molecule has 0 atom stereocenters. The van der Waals surface area contributed by atoms with Crippen LogP contribution in [0.2, 0.25) is 0 Å². The topological polar surface area (TPSA) is 341 Å². The maximum atomic E-state index is 12.2. The minimum Gasteiger partial charge on any atom is -0.744 e. The molecule has 0 saturated carbocycles. The molecule has 0 fully saturated rings. The Bertz CT molecular complexity index is 2610. The number of hydrogen-bond donors (Lipinski definition) is 5. The van der Waals surface area contributed by atoms with Gasteiger partial charge in [0.1, 0.15) is 37.3 Å². The Morgan fingerprint density at radius 2 is 1.04 bits per heavy atom. The van der Waals surface area contributed by atoms with Gasteiger partial charge in [0.2, 0.25) is 0 Å². The van der Waals surface area contributed by atoms with Crippen molar-refractivity contribution < 1.29 is 125 Å². The zero-order valence-electron chi connectivity index (χ0n) is 26.8. The van der Waals surface area contributed by atoms with Crippen LogP contribution in [-0.4, -0.2) is 44.0 Å². The van der Waals surface area contributed by atoms with Gasteiger partial charge >= 0.3 is 80.9 Å².